The van der Waals surface area contributed by atoms with Gasteiger partial charge in [0.1, 0.15) is 28.3 Å². The van der Waals surface area contributed by atoms with Crippen molar-refractivity contribution in [1.29, 1.82) is 0 Å². The molecule has 0 fully saturated rings. The molecular weight excluding hydrogens is 524 g/mol. The molecule has 8 nitrogen and oxygen atoms in total. The zero-order chi connectivity index (χ0) is 25.8. The first-order chi connectivity index (χ1) is 17.0. The fraction of sp³-hybridized carbons (Fsp3) is 0.318. The van der Waals surface area contributed by atoms with Crippen LogP contribution in [0.15, 0.2) is 24.4 Å². The van der Waals surface area contributed by atoms with Crippen LogP contribution >= 0.6 is 22.9 Å². The predicted molar refractivity (Wildman–Crippen MR) is 122 cm³/mol. The van der Waals surface area contributed by atoms with Crippen molar-refractivity contribution in [3.05, 3.63) is 68.7 Å². The number of ether oxygens (including phenoxy) is 1. The number of amides is 1. The number of alkyl halides is 3. The maximum Gasteiger partial charge on any atom is 0.433 e. The summed E-state index contributed by atoms with van der Waals surface area (Å²) in [6.45, 7) is 3.14. The first-order valence-electron chi connectivity index (χ1n) is 10.7. The van der Waals surface area contributed by atoms with Crippen LogP contribution in [0.3, 0.4) is 0 Å². The van der Waals surface area contributed by atoms with Crippen LogP contribution in [0, 0.1) is 19.7 Å². The number of pyridine rings is 2. The molecule has 14 heteroatoms. The zero-order valence-electron chi connectivity index (χ0n) is 18.8. The molecular formula is C22H17ClF4N6O2S. The van der Waals surface area contributed by atoms with E-state index in [2.05, 4.69) is 20.1 Å². The average Bonchev–Trinajstić information content (AvgIpc) is 3.32. The zero-order valence-corrected chi connectivity index (χ0v) is 20.4. The molecule has 1 unspecified atom stereocenters. The number of aryl methyl sites for hydroxylation is 2. The van der Waals surface area contributed by atoms with Gasteiger partial charge in [0.05, 0.1) is 11.4 Å². The Morgan fingerprint density at radius 1 is 1.28 bits per heavy atom. The lowest BCUT2D eigenvalue weighted by Crippen LogP contribution is -2.44. The molecule has 4 aromatic heterocycles. The van der Waals surface area contributed by atoms with E-state index in [1.165, 1.54) is 28.5 Å². The Kier molecular flexibility index (Phi) is 6.07. The Morgan fingerprint density at radius 2 is 2.06 bits per heavy atom. The van der Waals surface area contributed by atoms with E-state index in [-0.39, 0.29) is 18.0 Å². The summed E-state index contributed by atoms with van der Waals surface area (Å²) in [4.78, 5) is 27.5. The number of carbonyl (C=O) groups excluding carboxylic acids is 1. The highest BCUT2D eigenvalue weighted by Crippen LogP contribution is 2.37. The number of nitrogens with zero attached hydrogens (tertiary/aromatic N) is 6. The van der Waals surface area contributed by atoms with Crippen molar-refractivity contribution in [1.82, 2.24) is 29.5 Å². The van der Waals surface area contributed by atoms with E-state index < -0.39 is 41.4 Å². The Morgan fingerprint density at radius 3 is 2.75 bits per heavy atom. The number of rotatable bonds is 4. The molecule has 1 amide bonds. The van der Waals surface area contributed by atoms with Gasteiger partial charge in [-0.3, -0.25) is 9.78 Å². The summed E-state index contributed by atoms with van der Waals surface area (Å²) in [6, 6.07) is 2.09. The van der Waals surface area contributed by atoms with Gasteiger partial charge in [0.15, 0.2) is 17.5 Å². The minimum Gasteiger partial charge on any atom is -0.481 e. The number of fused-ring (bicyclic) bond motifs is 3. The van der Waals surface area contributed by atoms with E-state index in [1.54, 1.807) is 11.4 Å². The molecule has 0 spiro atoms. The second-order valence-corrected chi connectivity index (χ2v) is 9.67. The standard InChI is InChI=1S/C22H17ClF4N6O2S/c1-10-7-12(24)17(28-8-10)19-18-13(29-21-33(18)31-11(2)36-21)5-6-32(19)16(34)9-35-14-3-4-15(22(25,26)27)30-20(14)23/h3-4,7-8,19H,5-6,9H2,1-2H3. The maximum absolute atomic E-state index is 15.1. The third-order valence-electron chi connectivity index (χ3n) is 5.62. The second-order valence-electron chi connectivity index (χ2n) is 8.15. The van der Waals surface area contributed by atoms with E-state index in [9.17, 15) is 18.0 Å². The minimum absolute atomic E-state index is 0.0246. The SMILES string of the molecule is Cc1cnc(C2c3c(nc4sc(C)nn34)CCN2C(=O)COc2ccc(C(F)(F)F)nc2Cl)c(F)c1. The van der Waals surface area contributed by atoms with Gasteiger partial charge >= 0.3 is 6.18 Å². The first kappa shape index (κ1) is 24.4. The second kappa shape index (κ2) is 8.96. The maximum atomic E-state index is 15.1. The molecule has 5 heterocycles. The van der Waals surface area contributed by atoms with Crippen molar-refractivity contribution in [2.75, 3.05) is 13.2 Å². The highest BCUT2D eigenvalue weighted by atomic mass is 35.5. The normalized spacial score (nSPS) is 15.9. The van der Waals surface area contributed by atoms with Gasteiger partial charge in [-0.2, -0.15) is 18.3 Å². The van der Waals surface area contributed by atoms with E-state index in [0.717, 1.165) is 11.1 Å². The highest BCUT2D eigenvalue weighted by Gasteiger charge is 2.39. The van der Waals surface area contributed by atoms with E-state index >= 15 is 4.39 Å². The van der Waals surface area contributed by atoms with Crippen molar-refractivity contribution >= 4 is 33.8 Å². The van der Waals surface area contributed by atoms with Crippen LogP contribution in [0.5, 0.6) is 5.75 Å². The number of halogens is 5. The van der Waals surface area contributed by atoms with Crippen molar-refractivity contribution in [2.45, 2.75) is 32.5 Å². The summed E-state index contributed by atoms with van der Waals surface area (Å²) in [7, 11) is 0. The monoisotopic (exact) mass is 540 g/mol. The summed E-state index contributed by atoms with van der Waals surface area (Å²) in [5.41, 5.74) is 0.662. The summed E-state index contributed by atoms with van der Waals surface area (Å²) in [5, 5.41) is 4.68. The van der Waals surface area contributed by atoms with Gasteiger partial charge in [-0.05, 0) is 37.6 Å². The Bertz CT molecular complexity index is 1490. The fourth-order valence-corrected chi connectivity index (χ4v) is 5.04. The summed E-state index contributed by atoms with van der Waals surface area (Å²) < 4.78 is 60.7. The molecule has 1 aliphatic heterocycles. The smallest absolute Gasteiger partial charge is 0.433 e. The molecule has 0 N–H and O–H groups in total. The largest absolute Gasteiger partial charge is 0.481 e. The van der Waals surface area contributed by atoms with Crippen LogP contribution in [0.4, 0.5) is 17.6 Å². The lowest BCUT2D eigenvalue weighted by Gasteiger charge is -2.35. The molecule has 1 aliphatic rings. The van der Waals surface area contributed by atoms with Crippen LogP contribution in [0.1, 0.15) is 39.4 Å². The van der Waals surface area contributed by atoms with Crippen LogP contribution in [0.25, 0.3) is 4.96 Å². The minimum atomic E-state index is -4.67. The Hall–Kier alpha value is -3.32. The molecule has 4 aromatic rings. The number of carbonyl (C=O) groups is 1. The summed E-state index contributed by atoms with van der Waals surface area (Å²) in [5.74, 6) is -1.33. The molecule has 188 valence electrons. The highest BCUT2D eigenvalue weighted by molar-refractivity contribution is 7.16. The van der Waals surface area contributed by atoms with Crippen molar-refractivity contribution in [3.8, 4) is 5.75 Å². The number of hydrogen-bond donors (Lipinski definition) is 0. The predicted octanol–water partition coefficient (Wildman–Crippen LogP) is 4.56. The van der Waals surface area contributed by atoms with Gasteiger partial charge < -0.3 is 9.64 Å². The Labute approximate surface area is 210 Å². The average molecular weight is 541 g/mol. The quantitative estimate of drug-likeness (QED) is 0.279. The third-order valence-corrected chi connectivity index (χ3v) is 6.71. The van der Waals surface area contributed by atoms with Crippen LogP contribution < -0.4 is 4.74 Å². The summed E-state index contributed by atoms with van der Waals surface area (Å²) in [6.07, 6.45) is -2.78. The summed E-state index contributed by atoms with van der Waals surface area (Å²) >= 11 is 7.21. The molecule has 0 radical (unpaired) electrons. The number of imidazole rings is 1. The molecule has 1 atom stereocenters. The van der Waals surface area contributed by atoms with Gasteiger partial charge in [-0.25, -0.2) is 18.9 Å². The molecule has 0 saturated carbocycles. The van der Waals surface area contributed by atoms with Gasteiger partial charge in [0.25, 0.3) is 5.91 Å². The van der Waals surface area contributed by atoms with E-state index in [4.69, 9.17) is 16.3 Å². The molecule has 0 aliphatic carbocycles. The fourth-order valence-electron chi connectivity index (χ4n) is 4.06. The van der Waals surface area contributed by atoms with Crippen LogP contribution in [0.2, 0.25) is 5.15 Å². The van der Waals surface area contributed by atoms with Gasteiger partial charge in [-0.15, -0.1) is 0 Å². The lowest BCUT2D eigenvalue weighted by molar-refractivity contribution is -0.141. The van der Waals surface area contributed by atoms with Crippen molar-refractivity contribution < 1.29 is 27.1 Å². The van der Waals surface area contributed by atoms with Crippen LogP contribution in [-0.2, 0) is 17.4 Å². The molecule has 36 heavy (non-hydrogen) atoms. The van der Waals surface area contributed by atoms with E-state index in [0.29, 0.717) is 34.4 Å². The lowest BCUT2D eigenvalue weighted by atomic mass is 9.98. The Balaban J connectivity index is 1.48. The molecule has 0 aromatic carbocycles. The number of aromatic nitrogens is 5. The van der Waals surface area contributed by atoms with Crippen LogP contribution in [-0.4, -0.2) is 48.5 Å². The topological polar surface area (TPSA) is 85.5 Å². The molecule has 0 saturated heterocycles. The van der Waals surface area contributed by atoms with Crippen molar-refractivity contribution in [2.24, 2.45) is 0 Å². The molecule has 0 bridgehead atoms. The van der Waals surface area contributed by atoms with Crippen molar-refractivity contribution in [3.63, 3.8) is 0 Å². The van der Waals surface area contributed by atoms with Gasteiger partial charge in [-0.1, -0.05) is 22.9 Å². The third kappa shape index (κ3) is 4.37. The van der Waals surface area contributed by atoms with Gasteiger partial charge in [0.2, 0.25) is 4.96 Å². The number of hydrogen-bond acceptors (Lipinski definition) is 7. The first-order valence-corrected chi connectivity index (χ1v) is 11.9. The molecule has 5 rings (SSSR count). The van der Waals surface area contributed by atoms with Gasteiger partial charge in [0, 0.05) is 19.2 Å². The van der Waals surface area contributed by atoms with E-state index in [1.807, 2.05) is 6.92 Å².